The van der Waals surface area contributed by atoms with Gasteiger partial charge in [0, 0.05) is 6.54 Å². The maximum Gasteiger partial charge on any atom is 0.181 e. The molecule has 0 radical (unpaired) electrons. The minimum Gasteiger partial charge on any atom is -0.443 e. The van der Waals surface area contributed by atoms with E-state index in [9.17, 15) is 4.39 Å². The van der Waals surface area contributed by atoms with Gasteiger partial charge >= 0.3 is 0 Å². The fraction of sp³-hybridized carbons (Fsp3) is 0.182. The average Bonchev–Trinajstić information content (AvgIpc) is 2.67. The summed E-state index contributed by atoms with van der Waals surface area (Å²) in [5.41, 5.74) is 1.16. The summed E-state index contributed by atoms with van der Waals surface area (Å²) in [5, 5.41) is 2.95. The van der Waals surface area contributed by atoms with Crippen molar-refractivity contribution in [1.29, 1.82) is 0 Å². The zero-order valence-electron chi connectivity index (χ0n) is 8.33. The Balaban J connectivity index is 2.45. The Morgan fingerprint density at radius 1 is 1.40 bits per heavy atom. The second-order valence-corrected chi connectivity index (χ2v) is 3.14. The molecule has 0 aliphatic rings. The lowest BCUT2D eigenvalue weighted by atomic mass is 10.1. The van der Waals surface area contributed by atoms with Crippen LogP contribution in [0.25, 0.3) is 11.3 Å². The first-order chi connectivity index (χ1) is 7.33. The summed E-state index contributed by atoms with van der Waals surface area (Å²) in [7, 11) is 1.81. The first kappa shape index (κ1) is 9.86. The average molecular weight is 206 g/mol. The summed E-state index contributed by atoms with van der Waals surface area (Å²) in [5.74, 6) is 0.189. The molecular formula is C11H11FN2O. The second-order valence-electron chi connectivity index (χ2n) is 3.14. The van der Waals surface area contributed by atoms with Gasteiger partial charge in [-0.05, 0) is 19.2 Å². The van der Waals surface area contributed by atoms with Crippen molar-refractivity contribution in [3.8, 4) is 11.3 Å². The molecule has 3 nitrogen and oxygen atoms in total. The molecule has 2 aromatic rings. The summed E-state index contributed by atoms with van der Waals surface area (Å²) < 4.78 is 18.7. The Hall–Kier alpha value is -1.68. The molecule has 0 aliphatic carbocycles. The molecule has 0 spiro atoms. The SMILES string of the molecule is CNCc1ncoc1-c1ccccc1F. The quantitative estimate of drug-likeness (QED) is 0.836. The maximum atomic E-state index is 13.5. The van der Waals surface area contributed by atoms with E-state index in [0.29, 0.717) is 23.6 Å². The van der Waals surface area contributed by atoms with Crippen molar-refractivity contribution in [1.82, 2.24) is 10.3 Å². The Morgan fingerprint density at radius 2 is 2.20 bits per heavy atom. The van der Waals surface area contributed by atoms with E-state index in [-0.39, 0.29) is 5.82 Å². The van der Waals surface area contributed by atoms with Crippen molar-refractivity contribution in [2.75, 3.05) is 7.05 Å². The lowest BCUT2D eigenvalue weighted by molar-refractivity contribution is 0.559. The van der Waals surface area contributed by atoms with E-state index in [1.807, 2.05) is 0 Å². The third kappa shape index (κ3) is 1.89. The van der Waals surface area contributed by atoms with E-state index in [1.165, 1.54) is 12.5 Å². The molecule has 0 saturated heterocycles. The zero-order chi connectivity index (χ0) is 10.7. The summed E-state index contributed by atoms with van der Waals surface area (Å²) in [4.78, 5) is 4.03. The second kappa shape index (κ2) is 4.23. The molecule has 2 rings (SSSR count). The number of halogens is 1. The molecule has 1 N–H and O–H groups in total. The van der Waals surface area contributed by atoms with Crippen LogP contribution >= 0.6 is 0 Å². The van der Waals surface area contributed by atoms with Crippen molar-refractivity contribution in [3.63, 3.8) is 0 Å². The minimum absolute atomic E-state index is 0.299. The van der Waals surface area contributed by atoms with Gasteiger partial charge in [0.05, 0.1) is 5.56 Å². The molecule has 1 aromatic heterocycles. The lowest BCUT2D eigenvalue weighted by Gasteiger charge is -2.01. The van der Waals surface area contributed by atoms with Gasteiger partial charge in [-0.2, -0.15) is 0 Å². The monoisotopic (exact) mass is 206 g/mol. The number of hydrogen-bond acceptors (Lipinski definition) is 3. The van der Waals surface area contributed by atoms with Gasteiger partial charge in [0.2, 0.25) is 0 Å². The number of nitrogens with one attached hydrogen (secondary N) is 1. The van der Waals surface area contributed by atoms with E-state index in [1.54, 1.807) is 25.2 Å². The molecule has 78 valence electrons. The molecule has 0 amide bonds. The van der Waals surface area contributed by atoms with Gasteiger partial charge in [0.25, 0.3) is 0 Å². The van der Waals surface area contributed by atoms with Crippen LogP contribution in [0.2, 0.25) is 0 Å². The Bertz CT molecular complexity index is 453. The molecule has 1 heterocycles. The van der Waals surface area contributed by atoms with Crippen LogP contribution in [-0.2, 0) is 6.54 Å². The highest BCUT2D eigenvalue weighted by molar-refractivity contribution is 5.60. The van der Waals surface area contributed by atoms with Gasteiger partial charge in [0.1, 0.15) is 11.5 Å². The van der Waals surface area contributed by atoms with Crippen molar-refractivity contribution in [3.05, 3.63) is 42.2 Å². The summed E-state index contributed by atoms with van der Waals surface area (Å²) >= 11 is 0. The van der Waals surface area contributed by atoms with Gasteiger partial charge < -0.3 is 9.73 Å². The molecule has 0 unspecified atom stereocenters. The van der Waals surface area contributed by atoms with Crippen LogP contribution in [0, 0.1) is 5.82 Å². The molecule has 4 heteroatoms. The standard InChI is InChI=1S/C11H11FN2O/c1-13-6-10-11(15-7-14-10)8-4-2-3-5-9(8)12/h2-5,7,13H,6H2,1H3. The lowest BCUT2D eigenvalue weighted by Crippen LogP contribution is -2.06. The number of oxazole rings is 1. The smallest absolute Gasteiger partial charge is 0.181 e. The Labute approximate surface area is 86.9 Å². The predicted molar refractivity (Wildman–Crippen MR) is 54.7 cm³/mol. The van der Waals surface area contributed by atoms with Gasteiger partial charge in [0.15, 0.2) is 12.2 Å². The Morgan fingerprint density at radius 3 is 2.93 bits per heavy atom. The molecular weight excluding hydrogens is 195 g/mol. The first-order valence-corrected chi connectivity index (χ1v) is 4.65. The summed E-state index contributed by atoms with van der Waals surface area (Å²) in [6, 6.07) is 6.49. The van der Waals surface area contributed by atoms with E-state index < -0.39 is 0 Å². The highest BCUT2D eigenvalue weighted by atomic mass is 19.1. The number of benzene rings is 1. The minimum atomic E-state index is -0.299. The van der Waals surface area contributed by atoms with Gasteiger partial charge in [-0.25, -0.2) is 9.37 Å². The van der Waals surface area contributed by atoms with Crippen LogP contribution in [0.15, 0.2) is 35.1 Å². The summed E-state index contributed by atoms with van der Waals surface area (Å²) in [6.07, 6.45) is 1.33. The number of nitrogens with zero attached hydrogens (tertiary/aromatic N) is 1. The highest BCUT2D eigenvalue weighted by Gasteiger charge is 2.13. The predicted octanol–water partition coefficient (Wildman–Crippen LogP) is 2.20. The Kier molecular flexibility index (Phi) is 2.78. The van der Waals surface area contributed by atoms with Crippen LogP contribution in [-0.4, -0.2) is 12.0 Å². The summed E-state index contributed by atoms with van der Waals surface area (Å²) in [6.45, 7) is 0.556. The number of rotatable bonds is 3. The fourth-order valence-electron chi connectivity index (χ4n) is 1.43. The molecule has 15 heavy (non-hydrogen) atoms. The normalized spacial score (nSPS) is 10.5. The van der Waals surface area contributed by atoms with E-state index in [2.05, 4.69) is 10.3 Å². The van der Waals surface area contributed by atoms with Crippen LogP contribution in [0.4, 0.5) is 4.39 Å². The molecule has 0 fully saturated rings. The van der Waals surface area contributed by atoms with Crippen LogP contribution in [0.5, 0.6) is 0 Å². The molecule has 0 atom stereocenters. The third-order valence-corrected chi connectivity index (χ3v) is 2.10. The first-order valence-electron chi connectivity index (χ1n) is 4.65. The van der Waals surface area contributed by atoms with Crippen LogP contribution in [0.1, 0.15) is 5.69 Å². The molecule has 1 aromatic carbocycles. The maximum absolute atomic E-state index is 13.5. The van der Waals surface area contributed by atoms with Crippen molar-refractivity contribution >= 4 is 0 Å². The molecule has 0 saturated carbocycles. The largest absolute Gasteiger partial charge is 0.443 e. The van der Waals surface area contributed by atoms with Crippen molar-refractivity contribution in [2.24, 2.45) is 0 Å². The van der Waals surface area contributed by atoms with E-state index in [0.717, 1.165) is 0 Å². The van der Waals surface area contributed by atoms with Gasteiger partial charge in [-0.3, -0.25) is 0 Å². The van der Waals surface area contributed by atoms with Gasteiger partial charge in [-0.1, -0.05) is 12.1 Å². The number of hydrogen-bond donors (Lipinski definition) is 1. The van der Waals surface area contributed by atoms with E-state index in [4.69, 9.17) is 4.42 Å². The van der Waals surface area contributed by atoms with Crippen LogP contribution < -0.4 is 5.32 Å². The zero-order valence-corrected chi connectivity index (χ0v) is 8.33. The van der Waals surface area contributed by atoms with E-state index >= 15 is 0 Å². The molecule has 0 aliphatic heterocycles. The fourth-order valence-corrected chi connectivity index (χ4v) is 1.43. The van der Waals surface area contributed by atoms with Crippen LogP contribution in [0.3, 0.4) is 0 Å². The topological polar surface area (TPSA) is 38.1 Å². The molecule has 0 bridgehead atoms. The van der Waals surface area contributed by atoms with Crippen molar-refractivity contribution < 1.29 is 8.81 Å². The number of aromatic nitrogens is 1. The third-order valence-electron chi connectivity index (χ3n) is 2.10. The van der Waals surface area contributed by atoms with Crippen molar-refractivity contribution in [2.45, 2.75) is 6.54 Å². The highest BCUT2D eigenvalue weighted by Crippen LogP contribution is 2.25. The van der Waals surface area contributed by atoms with Gasteiger partial charge in [-0.15, -0.1) is 0 Å².